The highest BCUT2D eigenvalue weighted by Gasteiger charge is 2.47. The molecule has 2 saturated carbocycles. The second-order valence-electron chi connectivity index (χ2n) is 7.79. The molecular formula is C17H33N3O. The average molecular weight is 295 g/mol. The lowest BCUT2D eigenvalue weighted by Gasteiger charge is -2.33. The number of carbonyl (C=O) groups is 1. The van der Waals surface area contributed by atoms with Crippen molar-refractivity contribution in [2.45, 2.75) is 89.9 Å². The monoisotopic (exact) mass is 295 g/mol. The first-order valence-corrected chi connectivity index (χ1v) is 8.67. The maximum Gasteiger partial charge on any atom is 0.237 e. The van der Waals surface area contributed by atoms with Crippen molar-refractivity contribution in [3.05, 3.63) is 0 Å². The molecular weight excluding hydrogens is 262 g/mol. The molecule has 2 unspecified atom stereocenters. The number of rotatable bonds is 8. The molecule has 4 heteroatoms. The van der Waals surface area contributed by atoms with Crippen molar-refractivity contribution in [1.29, 1.82) is 0 Å². The summed E-state index contributed by atoms with van der Waals surface area (Å²) in [7, 11) is 0. The van der Waals surface area contributed by atoms with E-state index in [9.17, 15) is 4.79 Å². The molecule has 2 aliphatic carbocycles. The summed E-state index contributed by atoms with van der Waals surface area (Å²) >= 11 is 0. The molecule has 0 aromatic rings. The van der Waals surface area contributed by atoms with Gasteiger partial charge in [-0.2, -0.15) is 0 Å². The predicted octanol–water partition coefficient (Wildman–Crippen LogP) is 2.27. The van der Waals surface area contributed by atoms with Crippen molar-refractivity contribution in [2.24, 2.45) is 11.7 Å². The summed E-state index contributed by atoms with van der Waals surface area (Å²) in [6.07, 6.45) is 6.77. The molecule has 0 aromatic heterocycles. The molecule has 0 saturated heterocycles. The fourth-order valence-electron chi connectivity index (χ4n) is 3.76. The number of primary amides is 1. The summed E-state index contributed by atoms with van der Waals surface area (Å²) in [4.78, 5) is 14.7. The zero-order chi connectivity index (χ0) is 15.6. The van der Waals surface area contributed by atoms with Gasteiger partial charge in [0.05, 0.1) is 5.54 Å². The Labute approximate surface area is 129 Å². The molecule has 2 aliphatic rings. The summed E-state index contributed by atoms with van der Waals surface area (Å²) in [6, 6.07) is 1.58. The van der Waals surface area contributed by atoms with Gasteiger partial charge < -0.3 is 11.1 Å². The molecule has 0 aromatic carbocycles. The van der Waals surface area contributed by atoms with Crippen molar-refractivity contribution < 1.29 is 4.79 Å². The minimum atomic E-state index is -0.482. The highest BCUT2D eigenvalue weighted by Crippen LogP contribution is 2.39. The maximum absolute atomic E-state index is 12.0. The number of amides is 1. The lowest BCUT2D eigenvalue weighted by Crippen LogP contribution is -2.57. The van der Waals surface area contributed by atoms with Crippen LogP contribution in [0.25, 0.3) is 0 Å². The first-order valence-electron chi connectivity index (χ1n) is 8.67. The predicted molar refractivity (Wildman–Crippen MR) is 87.0 cm³/mol. The number of nitrogens with zero attached hydrogens (tertiary/aromatic N) is 1. The van der Waals surface area contributed by atoms with Gasteiger partial charge in [-0.3, -0.25) is 9.69 Å². The third-order valence-electron chi connectivity index (χ3n) is 4.97. The van der Waals surface area contributed by atoms with Gasteiger partial charge in [0.15, 0.2) is 0 Å². The number of hydrogen-bond donors (Lipinski definition) is 2. The fourth-order valence-corrected chi connectivity index (χ4v) is 3.76. The quantitative estimate of drug-likeness (QED) is 0.722. The summed E-state index contributed by atoms with van der Waals surface area (Å²) in [5.74, 6) is 0.570. The minimum Gasteiger partial charge on any atom is -0.368 e. The van der Waals surface area contributed by atoms with Gasteiger partial charge in [0.2, 0.25) is 5.91 Å². The van der Waals surface area contributed by atoms with E-state index in [1.54, 1.807) is 0 Å². The van der Waals surface area contributed by atoms with Crippen molar-refractivity contribution in [3.63, 3.8) is 0 Å². The molecule has 0 radical (unpaired) electrons. The van der Waals surface area contributed by atoms with E-state index in [0.717, 1.165) is 31.2 Å². The highest BCUT2D eigenvalue weighted by molar-refractivity contribution is 5.85. The summed E-state index contributed by atoms with van der Waals surface area (Å²) in [5.41, 5.74) is 5.26. The molecule has 122 valence electrons. The van der Waals surface area contributed by atoms with Crippen LogP contribution in [0.5, 0.6) is 0 Å². The van der Waals surface area contributed by atoms with Crippen LogP contribution in [0.1, 0.15) is 66.2 Å². The van der Waals surface area contributed by atoms with Crippen LogP contribution in [-0.4, -0.2) is 41.0 Å². The first kappa shape index (κ1) is 16.8. The molecule has 0 spiro atoms. The topological polar surface area (TPSA) is 58.4 Å². The third kappa shape index (κ3) is 4.19. The van der Waals surface area contributed by atoms with Crippen LogP contribution in [0.4, 0.5) is 0 Å². The van der Waals surface area contributed by atoms with E-state index in [0.29, 0.717) is 12.1 Å². The van der Waals surface area contributed by atoms with Crippen LogP contribution in [0.2, 0.25) is 0 Å². The average Bonchev–Trinajstić information content (AvgIpc) is 3.10. The molecule has 3 N–H and O–H groups in total. The van der Waals surface area contributed by atoms with E-state index in [4.69, 9.17) is 5.73 Å². The van der Waals surface area contributed by atoms with Gasteiger partial charge in [-0.25, -0.2) is 0 Å². The van der Waals surface area contributed by atoms with E-state index in [1.807, 2.05) is 0 Å². The second kappa shape index (κ2) is 6.66. The van der Waals surface area contributed by atoms with Crippen molar-refractivity contribution in [1.82, 2.24) is 10.2 Å². The van der Waals surface area contributed by atoms with Crippen LogP contribution in [0.15, 0.2) is 0 Å². The van der Waals surface area contributed by atoms with Crippen LogP contribution >= 0.6 is 0 Å². The molecule has 0 bridgehead atoms. The van der Waals surface area contributed by atoms with Crippen molar-refractivity contribution in [2.75, 3.05) is 6.54 Å². The summed E-state index contributed by atoms with van der Waals surface area (Å²) < 4.78 is 0. The smallest absolute Gasteiger partial charge is 0.237 e. The van der Waals surface area contributed by atoms with Crippen LogP contribution in [0.3, 0.4) is 0 Å². The summed E-state index contributed by atoms with van der Waals surface area (Å²) in [6.45, 7) is 9.93. The Morgan fingerprint density at radius 2 is 1.90 bits per heavy atom. The first-order chi connectivity index (χ1) is 9.84. The molecule has 2 fully saturated rings. The van der Waals surface area contributed by atoms with Crippen LogP contribution in [-0.2, 0) is 4.79 Å². The van der Waals surface area contributed by atoms with Gasteiger partial charge in [0, 0.05) is 18.1 Å². The Bertz CT molecular complexity index is 365. The zero-order valence-electron chi connectivity index (χ0n) is 14.2. The second-order valence-corrected chi connectivity index (χ2v) is 7.79. The minimum absolute atomic E-state index is 0.168. The van der Waals surface area contributed by atoms with Crippen LogP contribution < -0.4 is 11.1 Å². The Hall–Kier alpha value is -0.610. The SMILES string of the molecule is CC(C)CCN(C1CC1)C1CCC(NC(C)C)(C(N)=O)C1. The Kier molecular flexibility index (Phi) is 5.31. The van der Waals surface area contributed by atoms with E-state index < -0.39 is 5.54 Å². The van der Waals surface area contributed by atoms with Crippen LogP contribution in [0, 0.1) is 5.92 Å². The molecule has 1 amide bonds. The zero-order valence-corrected chi connectivity index (χ0v) is 14.2. The molecule has 2 atom stereocenters. The highest BCUT2D eigenvalue weighted by atomic mass is 16.1. The van der Waals surface area contributed by atoms with Gasteiger partial charge in [-0.1, -0.05) is 13.8 Å². The van der Waals surface area contributed by atoms with E-state index in [1.165, 1.54) is 25.8 Å². The van der Waals surface area contributed by atoms with E-state index in [2.05, 4.69) is 37.9 Å². The normalized spacial score (nSPS) is 29.8. The number of hydrogen-bond acceptors (Lipinski definition) is 3. The lowest BCUT2D eigenvalue weighted by atomic mass is 9.95. The molecule has 4 nitrogen and oxygen atoms in total. The molecule has 21 heavy (non-hydrogen) atoms. The Morgan fingerprint density at radius 1 is 1.24 bits per heavy atom. The number of carbonyl (C=O) groups excluding carboxylic acids is 1. The molecule has 0 aliphatic heterocycles. The molecule has 2 rings (SSSR count). The number of nitrogens with two attached hydrogens (primary N) is 1. The van der Waals surface area contributed by atoms with Gasteiger partial charge >= 0.3 is 0 Å². The van der Waals surface area contributed by atoms with E-state index in [-0.39, 0.29) is 5.91 Å². The van der Waals surface area contributed by atoms with Crippen molar-refractivity contribution >= 4 is 5.91 Å². The van der Waals surface area contributed by atoms with Gasteiger partial charge in [0.25, 0.3) is 0 Å². The third-order valence-corrected chi connectivity index (χ3v) is 4.97. The van der Waals surface area contributed by atoms with E-state index >= 15 is 0 Å². The Balaban J connectivity index is 2.01. The fraction of sp³-hybridized carbons (Fsp3) is 0.941. The van der Waals surface area contributed by atoms with Gasteiger partial charge in [-0.05, 0) is 64.8 Å². The molecule has 0 heterocycles. The Morgan fingerprint density at radius 3 is 2.38 bits per heavy atom. The van der Waals surface area contributed by atoms with Crippen molar-refractivity contribution in [3.8, 4) is 0 Å². The maximum atomic E-state index is 12.0. The summed E-state index contributed by atoms with van der Waals surface area (Å²) in [5, 5.41) is 3.46. The lowest BCUT2D eigenvalue weighted by molar-refractivity contribution is -0.124. The largest absolute Gasteiger partial charge is 0.368 e. The number of nitrogens with one attached hydrogen (secondary N) is 1. The van der Waals surface area contributed by atoms with Gasteiger partial charge in [-0.15, -0.1) is 0 Å². The standard InChI is InChI=1S/C17H33N3O/c1-12(2)8-10-20(14-5-6-14)15-7-9-17(11-15,16(18)21)19-13(3)4/h12-15,19H,5-11H2,1-4H3,(H2,18,21). The van der Waals surface area contributed by atoms with Gasteiger partial charge in [0.1, 0.15) is 0 Å².